The summed E-state index contributed by atoms with van der Waals surface area (Å²) in [6.45, 7) is 3.83. The van der Waals surface area contributed by atoms with Crippen molar-refractivity contribution in [2.45, 2.75) is 31.8 Å². The molecule has 0 saturated carbocycles. The van der Waals surface area contributed by atoms with Gasteiger partial charge in [-0.1, -0.05) is 0 Å². The Morgan fingerprint density at radius 3 is 2.44 bits per heavy atom. The summed E-state index contributed by atoms with van der Waals surface area (Å²) >= 11 is 0. The van der Waals surface area contributed by atoms with E-state index in [1.807, 2.05) is 23.6 Å². The molecule has 2 unspecified atom stereocenters. The lowest BCUT2D eigenvalue weighted by molar-refractivity contribution is 0.463. The van der Waals surface area contributed by atoms with Gasteiger partial charge in [-0.25, -0.2) is 18.7 Å². The predicted octanol–water partition coefficient (Wildman–Crippen LogP) is 4.01. The second-order valence-electron chi connectivity index (χ2n) is 8.61. The monoisotopic (exact) mass is 432 g/mol. The van der Waals surface area contributed by atoms with E-state index in [0.29, 0.717) is 29.1 Å². The van der Waals surface area contributed by atoms with Crippen molar-refractivity contribution in [2.24, 2.45) is 0 Å². The number of fused-ring (bicyclic) bond motifs is 3. The number of benzene rings is 1. The molecule has 2 bridgehead atoms. The quantitative estimate of drug-likeness (QED) is 0.530. The standard InChI is InChI=1S/C24H22F2N6/c1-14-10-21(31-12-16-3-4-17(13-31)28-16)29-24-22(14)30-23(19-5-2-15(25)11-20(19)26)32(24)18-6-8-27-9-7-18/h2,5-11,16-17,28H,3-4,12-13H2,1H3. The number of halogens is 2. The van der Waals surface area contributed by atoms with Gasteiger partial charge >= 0.3 is 0 Å². The molecule has 32 heavy (non-hydrogen) atoms. The molecule has 4 aromatic rings. The summed E-state index contributed by atoms with van der Waals surface area (Å²) in [4.78, 5) is 16.2. The van der Waals surface area contributed by atoms with Crippen LogP contribution in [0.1, 0.15) is 18.4 Å². The highest BCUT2D eigenvalue weighted by atomic mass is 19.1. The molecule has 0 amide bonds. The highest BCUT2D eigenvalue weighted by molar-refractivity contribution is 5.84. The summed E-state index contributed by atoms with van der Waals surface area (Å²) in [5, 5.41) is 3.65. The molecule has 6 rings (SSSR count). The van der Waals surface area contributed by atoms with Crippen molar-refractivity contribution in [3.05, 3.63) is 66.0 Å². The van der Waals surface area contributed by atoms with E-state index < -0.39 is 11.6 Å². The fourth-order valence-electron chi connectivity index (χ4n) is 4.92. The van der Waals surface area contributed by atoms with Crippen molar-refractivity contribution in [1.82, 2.24) is 24.8 Å². The first-order chi connectivity index (χ1) is 15.6. The van der Waals surface area contributed by atoms with Crippen LogP contribution in [-0.2, 0) is 0 Å². The van der Waals surface area contributed by atoms with Gasteiger partial charge in [0.15, 0.2) is 5.65 Å². The van der Waals surface area contributed by atoms with E-state index in [-0.39, 0.29) is 5.56 Å². The van der Waals surface area contributed by atoms with Gasteiger partial charge in [-0.05, 0) is 55.7 Å². The lowest BCUT2D eigenvalue weighted by Crippen LogP contribution is -2.51. The number of hydrogen-bond acceptors (Lipinski definition) is 5. The van der Waals surface area contributed by atoms with Gasteiger partial charge in [0.2, 0.25) is 0 Å². The van der Waals surface area contributed by atoms with Crippen LogP contribution < -0.4 is 10.2 Å². The van der Waals surface area contributed by atoms with Crippen LogP contribution in [0.15, 0.2) is 48.8 Å². The van der Waals surface area contributed by atoms with Gasteiger partial charge in [-0.2, -0.15) is 0 Å². The van der Waals surface area contributed by atoms with E-state index in [9.17, 15) is 8.78 Å². The zero-order valence-electron chi connectivity index (χ0n) is 17.6. The largest absolute Gasteiger partial charge is 0.353 e. The van der Waals surface area contributed by atoms with Crippen molar-refractivity contribution in [3.63, 3.8) is 0 Å². The Morgan fingerprint density at radius 1 is 0.969 bits per heavy atom. The number of nitrogens with one attached hydrogen (secondary N) is 1. The second kappa shape index (κ2) is 7.34. The van der Waals surface area contributed by atoms with Crippen LogP contribution in [0.25, 0.3) is 28.2 Å². The molecule has 2 aliphatic heterocycles. The maximum Gasteiger partial charge on any atom is 0.167 e. The number of piperazine rings is 1. The number of hydrogen-bond donors (Lipinski definition) is 1. The average Bonchev–Trinajstić information content (AvgIpc) is 3.34. The SMILES string of the molecule is Cc1cc(N2CC3CCC(C2)N3)nc2c1nc(-c1ccc(F)cc1F)n2-c1ccncc1. The number of aromatic nitrogens is 4. The summed E-state index contributed by atoms with van der Waals surface area (Å²) in [5.74, 6) is 0.00138. The van der Waals surface area contributed by atoms with Crippen LogP contribution in [0.5, 0.6) is 0 Å². The molecule has 0 aliphatic carbocycles. The first kappa shape index (κ1) is 19.3. The Morgan fingerprint density at radius 2 is 1.72 bits per heavy atom. The van der Waals surface area contributed by atoms with Gasteiger partial charge in [-0.3, -0.25) is 9.55 Å². The molecule has 3 aromatic heterocycles. The van der Waals surface area contributed by atoms with Crippen molar-refractivity contribution in [1.29, 1.82) is 0 Å². The van der Waals surface area contributed by atoms with E-state index in [0.717, 1.165) is 36.2 Å². The molecule has 0 radical (unpaired) electrons. The minimum Gasteiger partial charge on any atom is -0.353 e. The molecular weight excluding hydrogens is 410 g/mol. The van der Waals surface area contributed by atoms with Crippen molar-refractivity contribution < 1.29 is 8.78 Å². The predicted molar refractivity (Wildman–Crippen MR) is 119 cm³/mol. The molecule has 2 atom stereocenters. The highest BCUT2D eigenvalue weighted by Crippen LogP contribution is 2.33. The molecule has 8 heteroatoms. The molecule has 2 saturated heterocycles. The van der Waals surface area contributed by atoms with Gasteiger partial charge in [0.1, 0.15) is 28.8 Å². The van der Waals surface area contributed by atoms with Gasteiger partial charge in [0, 0.05) is 43.6 Å². The van der Waals surface area contributed by atoms with Crippen molar-refractivity contribution in [3.8, 4) is 17.1 Å². The van der Waals surface area contributed by atoms with Gasteiger partial charge < -0.3 is 10.2 Å². The first-order valence-electron chi connectivity index (χ1n) is 10.8. The third-order valence-corrected chi connectivity index (χ3v) is 6.43. The zero-order chi connectivity index (χ0) is 21.8. The lowest BCUT2D eigenvalue weighted by Gasteiger charge is -2.33. The Labute approximate surface area is 183 Å². The second-order valence-corrected chi connectivity index (χ2v) is 8.61. The van der Waals surface area contributed by atoms with Crippen LogP contribution in [0.4, 0.5) is 14.6 Å². The fraction of sp³-hybridized carbons (Fsp3) is 0.292. The number of anilines is 1. The number of imidazole rings is 1. The van der Waals surface area contributed by atoms with E-state index in [1.165, 1.54) is 25.0 Å². The van der Waals surface area contributed by atoms with Crippen LogP contribution in [0, 0.1) is 18.6 Å². The molecule has 6 nitrogen and oxygen atoms in total. The van der Waals surface area contributed by atoms with Crippen LogP contribution in [0.2, 0.25) is 0 Å². The molecule has 2 aliphatic rings. The summed E-state index contributed by atoms with van der Waals surface area (Å²) < 4.78 is 30.2. The molecule has 162 valence electrons. The van der Waals surface area contributed by atoms with Crippen LogP contribution >= 0.6 is 0 Å². The lowest BCUT2D eigenvalue weighted by atomic mass is 10.2. The number of nitrogens with zero attached hydrogens (tertiary/aromatic N) is 5. The maximum absolute atomic E-state index is 14.8. The zero-order valence-corrected chi connectivity index (χ0v) is 17.6. The third-order valence-electron chi connectivity index (χ3n) is 6.43. The molecule has 2 fully saturated rings. The Kier molecular flexibility index (Phi) is 4.43. The normalized spacial score (nSPS) is 20.3. The summed E-state index contributed by atoms with van der Waals surface area (Å²) in [7, 11) is 0. The topological polar surface area (TPSA) is 58.9 Å². The van der Waals surface area contributed by atoms with Gasteiger partial charge in [-0.15, -0.1) is 0 Å². The molecule has 1 N–H and O–H groups in total. The van der Waals surface area contributed by atoms with E-state index in [1.54, 1.807) is 12.4 Å². The number of pyridine rings is 2. The smallest absolute Gasteiger partial charge is 0.167 e. The van der Waals surface area contributed by atoms with Crippen molar-refractivity contribution >= 4 is 17.0 Å². The Balaban J connectivity index is 1.57. The number of rotatable bonds is 3. The molecule has 5 heterocycles. The van der Waals surface area contributed by atoms with E-state index in [4.69, 9.17) is 9.97 Å². The minimum absolute atomic E-state index is 0.224. The van der Waals surface area contributed by atoms with E-state index in [2.05, 4.69) is 21.3 Å². The summed E-state index contributed by atoms with van der Waals surface area (Å²) in [6.07, 6.45) is 5.73. The van der Waals surface area contributed by atoms with Gasteiger partial charge in [0.25, 0.3) is 0 Å². The first-order valence-corrected chi connectivity index (χ1v) is 10.8. The van der Waals surface area contributed by atoms with Gasteiger partial charge in [0.05, 0.1) is 11.3 Å². The van der Waals surface area contributed by atoms with E-state index >= 15 is 0 Å². The summed E-state index contributed by atoms with van der Waals surface area (Å²) in [6, 6.07) is 10.3. The Bertz CT molecular complexity index is 1310. The fourth-order valence-corrected chi connectivity index (χ4v) is 4.92. The van der Waals surface area contributed by atoms with Crippen molar-refractivity contribution in [2.75, 3.05) is 18.0 Å². The number of aryl methyl sites for hydroxylation is 1. The third kappa shape index (κ3) is 3.14. The average molecular weight is 432 g/mol. The molecular formula is C24H22F2N6. The minimum atomic E-state index is -0.660. The Hall–Kier alpha value is -3.39. The highest BCUT2D eigenvalue weighted by Gasteiger charge is 2.33. The summed E-state index contributed by atoms with van der Waals surface area (Å²) in [5.41, 5.74) is 3.30. The molecule has 0 spiro atoms. The maximum atomic E-state index is 14.8. The van der Waals surface area contributed by atoms with Crippen LogP contribution in [-0.4, -0.2) is 44.7 Å². The molecule has 1 aromatic carbocycles. The van der Waals surface area contributed by atoms with Crippen LogP contribution in [0.3, 0.4) is 0 Å².